The molecule has 0 radical (unpaired) electrons. The van der Waals surface area contributed by atoms with Gasteiger partial charge in [0, 0.05) is 19.8 Å². The molecule has 0 aliphatic carbocycles. The van der Waals surface area contributed by atoms with E-state index >= 15 is 0 Å². The van der Waals surface area contributed by atoms with Crippen LogP contribution >= 0.6 is 0 Å². The molecule has 0 bridgehead atoms. The van der Waals surface area contributed by atoms with E-state index in [9.17, 15) is 4.79 Å². The number of carbonyl (C=O) groups excluding carboxylic acids is 1. The minimum atomic E-state index is -0.491. The average Bonchev–Trinajstić information content (AvgIpc) is 3.27. The third-order valence-corrected chi connectivity index (χ3v) is 3.80. The fraction of sp³-hybridized carbons (Fsp3) is 0.250. The van der Waals surface area contributed by atoms with E-state index < -0.39 is 5.91 Å². The molecule has 11 heteroatoms. The molecule has 3 rings (SSSR count). The largest absolute Gasteiger partial charge is 0.378 e. The SMILES string of the molecule is CCc1c(C(=O)N/N=C/c2ccc(N(C)C)cc2)nnn1-c1nonc1N. The first-order chi connectivity index (χ1) is 13.0. The summed E-state index contributed by atoms with van der Waals surface area (Å²) >= 11 is 0. The van der Waals surface area contributed by atoms with E-state index in [2.05, 4.69) is 35.8 Å². The second kappa shape index (κ2) is 7.64. The highest BCUT2D eigenvalue weighted by Gasteiger charge is 2.22. The number of nitrogen functional groups attached to an aromatic ring is 1. The monoisotopic (exact) mass is 369 g/mol. The molecule has 0 saturated carbocycles. The van der Waals surface area contributed by atoms with Gasteiger partial charge < -0.3 is 10.6 Å². The zero-order valence-corrected chi connectivity index (χ0v) is 15.1. The third kappa shape index (κ3) is 3.76. The van der Waals surface area contributed by atoms with Crippen LogP contribution in [0.4, 0.5) is 11.5 Å². The second-order valence-corrected chi connectivity index (χ2v) is 5.81. The van der Waals surface area contributed by atoms with Gasteiger partial charge in [0.05, 0.1) is 11.9 Å². The Bertz CT molecular complexity index is 957. The van der Waals surface area contributed by atoms with E-state index in [1.165, 1.54) is 4.68 Å². The second-order valence-electron chi connectivity index (χ2n) is 5.81. The van der Waals surface area contributed by atoms with Crippen LogP contribution in [0.25, 0.3) is 5.82 Å². The van der Waals surface area contributed by atoms with Crippen molar-refractivity contribution in [3.63, 3.8) is 0 Å². The maximum absolute atomic E-state index is 12.4. The summed E-state index contributed by atoms with van der Waals surface area (Å²) in [6, 6.07) is 7.72. The van der Waals surface area contributed by atoms with Crippen molar-refractivity contribution in [3.8, 4) is 5.82 Å². The molecule has 2 aromatic heterocycles. The standard InChI is InChI=1S/C16H19N9O2/c1-4-12-13(19-23-25(12)15-14(17)21-27-22-15)16(26)20-18-9-10-5-7-11(8-6-10)24(2)3/h5-9H,4H2,1-3H3,(H2,17,21)(H,20,26)/b18-9+. The summed E-state index contributed by atoms with van der Waals surface area (Å²) in [6.45, 7) is 1.85. The normalized spacial score (nSPS) is 11.1. The van der Waals surface area contributed by atoms with Crippen LogP contribution < -0.4 is 16.1 Å². The van der Waals surface area contributed by atoms with Crippen molar-refractivity contribution in [1.29, 1.82) is 0 Å². The third-order valence-electron chi connectivity index (χ3n) is 3.80. The molecule has 3 aromatic rings. The van der Waals surface area contributed by atoms with E-state index in [0.29, 0.717) is 12.1 Å². The molecular formula is C16H19N9O2. The summed E-state index contributed by atoms with van der Waals surface area (Å²) in [5.74, 6) is -0.252. The number of hydrazone groups is 1. The highest BCUT2D eigenvalue weighted by atomic mass is 16.6. The van der Waals surface area contributed by atoms with Crippen molar-refractivity contribution in [2.45, 2.75) is 13.3 Å². The molecule has 0 spiro atoms. The molecule has 27 heavy (non-hydrogen) atoms. The Morgan fingerprint density at radius 1 is 1.33 bits per heavy atom. The van der Waals surface area contributed by atoms with Crippen LogP contribution in [0.5, 0.6) is 0 Å². The summed E-state index contributed by atoms with van der Waals surface area (Å²) in [5.41, 5.74) is 10.7. The topological polar surface area (TPSA) is 140 Å². The first-order valence-corrected chi connectivity index (χ1v) is 8.15. The maximum Gasteiger partial charge on any atom is 0.293 e. The minimum Gasteiger partial charge on any atom is -0.378 e. The van der Waals surface area contributed by atoms with Crippen LogP contribution in [0.3, 0.4) is 0 Å². The Kier molecular flexibility index (Phi) is 5.11. The van der Waals surface area contributed by atoms with Crippen molar-refractivity contribution in [2.24, 2.45) is 5.10 Å². The van der Waals surface area contributed by atoms with Gasteiger partial charge in [-0.25, -0.2) is 10.1 Å². The van der Waals surface area contributed by atoms with Gasteiger partial charge in [0.25, 0.3) is 5.91 Å². The smallest absolute Gasteiger partial charge is 0.293 e. The van der Waals surface area contributed by atoms with Gasteiger partial charge in [-0.05, 0) is 34.4 Å². The Balaban J connectivity index is 1.73. The number of rotatable bonds is 6. The van der Waals surface area contributed by atoms with E-state index in [1.54, 1.807) is 6.21 Å². The number of aromatic nitrogens is 5. The van der Waals surface area contributed by atoms with Gasteiger partial charge >= 0.3 is 0 Å². The molecule has 0 aliphatic rings. The lowest BCUT2D eigenvalue weighted by molar-refractivity contribution is 0.0949. The number of hydrogen-bond donors (Lipinski definition) is 2. The van der Waals surface area contributed by atoms with Crippen LogP contribution in [0.15, 0.2) is 34.0 Å². The number of carbonyl (C=O) groups is 1. The van der Waals surface area contributed by atoms with Gasteiger partial charge in [-0.3, -0.25) is 4.79 Å². The van der Waals surface area contributed by atoms with E-state index in [0.717, 1.165) is 11.3 Å². The van der Waals surface area contributed by atoms with E-state index in [4.69, 9.17) is 5.73 Å². The Hall–Kier alpha value is -3.76. The molecule has 0 unspecified atom stereocenters. The highest BCUT2D eigenvalue weighted by molar-refractivity contribution is 5.94. The van der Waals surface area contributed by atoms with Crippen molar-refractivity contribution in [2.75, 3.05) is 24.7 Å². The molecule has 1 amide bonds. The maximum atomic E-state index is 12.4. The molecule has 140 valence electrons. The molecule has 1 aromatic carbocycles. The summed E-state index contributed by atoms with van der Waals surface area (Å²) < 4.78 is 5.89. The molecule has 3 N–H and O–H groups in total. The number of amides is 1. The Morgan fingerprint density at radius 2 is 2.07 bits per heavy atom. The molecule has 0 fully saturated rings. The van der Waals surface area contributed by atoms with Crippen LogP contribution in [0, 0.1) is 0 Å². The number of anilines is 2. The summed E-state index contributed by atoms with van der Waals surface area (Å²) in [6.07, 6.45) is 2.02. The van der Waals surface area contributed by atoms with Crippen molar-refractivity contribution in [3.05, 3.63) is 41.2 Å². The number of nitrogens with two attached hydrogens (primary N) is 1. The lowest BCUT2D eigenvalue weighted by Gasteiger charge is -2.11. The quantitative estimate of drug-likeness (QED) is 0.476. The summed E-state index contributed by atoms with van der Waals surface area (Å²) in [7, 11) is 3.93. The van der Waals surface area contributed by atoms with Gasteiger partial charge in [-0.1, -0.05) is 24.3 Å². The summed E-state index contributed by atoms with van der Waals surface area (Å²) in [5, 5.41) is 19.0. The van der Waals surface area contributed by atoms with Gasteiger partial charge in [0.1, 0.15) is 0 Å². The summed E-state index contributed by atoms with van der Waals surface area (Å²) in [4.78, 5) is 14.4. The first kappa shape index (κ1) is 18.0. The molecule has 11 nitrogen and oxygen atoms in total. The number of hydrogen-bond acceptors (Lipinski definition) is 9. The fourth-order valence-corrected chi connectivity index (χ4v) is 2.38. The highest BCUT2D eigenvalue weighted by Crippen LogP contribution is 2.16. The molecule has 0 saturated heterocycles. The van der Waals surface area contributed by atoms with Crippen LogP contribution in [-0.2, 0) is 6.42 Å². The van der Waals surface area contributed by atoms with Gasteiger partial charge in [-0.15, -0.1) is 5.10 Å². The fourth-order valence-electron chi connectivity index (χ4n) is 2.38. The van der Waals surface area contributed by atoms with Crippen molar-refractivity contribution in [1.82, 2.24) is 30.7 Å². The predicted octanol–water partition coefficient (Wildman–Crippen LogP) is 0.625. The predicted molar refractivity (Wildman–Crippen MR) is 98.8 cm³/mol. The van der Waals surface area contributed by atoms with Crippen molar-refractivity contribution >= 4 is 23.6 Å². The van der Waals surface area contributed by atoms with Crippen molar-refractivity contribution < 1.29 is 9.42 Å². The Labute approximate surface area is 154 Å². The van der Waals surface area contributed by atoms with Gasteiger partial charge in [-0.2, -0.15) is 9.78 Å². The first-order valence-electron chi connectivity index (χ1n) is 8.15. The van der Waals surface area contributed by atoms with Crippen LogP contribution in [-0.4, -0.2) is 51.5 Å². The molecule has 0 aliphatic heterocycles. The lowest BCUT2D eigenvalue weighted by Crippen LogP contribution is -2.20. The molecular weight excluding hydrogens is 350 g/mol. The van der Waals surface area contributed by atoms with Crippen LogP contribution in [0.2, 0.25) is 0 Å². The zero-order valence-electron chi connectivity index (χ0n) is 15.1. The van der Waals surface area contributed by atoms with Crippen LogP contribution in [0.1, 0.15) is 28.7 Å². The number of nitrogens with one attached hydrogen (secondary N) is 1. The van der Waals surface area contributed by atoms with E-state index in [1.807, 2.05) is 50.2 Å². The lowest BCUT2D eigenvalue weighted by atomic mass is 10.2. The number of nitrogens with zero attached hydrogens (tertiary/aromatic N) is 7. The average molecular weight is 369 g/mol. The number of benzene rings is 1. The van der Waals surface area contributed by atoms with E-state index in [-0.39, 0.29) is 17.3 Å². The Morgan fingerprint density at radius 3 is 2.67 bits per heavy atom. The van der Waals surface area contributed by atoms with Gasteiger partial charge in [0.15, 0.2) is 5.69 Å². The molecule has 2 heterocycles. The minimum absolute atomic E-state index is 0.0563. The zero-order chi connectivity index (χ0) is 19.4. The van der Waals surface area contributed by atoms with Gasteiger partial charge in [0.2, 0.25) is 11.6 Å². The molecule has 0 atom stereocenters.